The summed E-state index contributed by atoms with van der Waals surface area (Å²) < 4.78 is 6.43. The van der Waals surface area contributed by atoms with Gasteiger partial charge in [0.25, 0.3) is 5.91 Å². The van der Waals surface area contributed by atoms with Crippen molar-refractivity contribution in [3.63, 3.8) is 0 Å². The van der Waals surface area contributed by atoms with Gasteiger partial charge in [-0.2, -0.15) is 0 Å². The van der Waals surface area contributed by atoms with Crippen molar-refractivity contribution in [1.82, 2.24) is 5.32 Å². The van der Waals surface area contributed by atoms with Crippen molar-refractivity contribution in [1.29, 1.82) is 0 Å². The summed E-state index contributed by atoms with van der Waals surface area (Å²) in [5.74, 6) is 0.704. The molecule has 0 saturated carbocycles. The van der Waals surface area contributed by atoms with Crippen molar-refractivity contribution in [3.05, 3.63) is 28.2 Å². The predicted molar refractivity (Wildman–Crippen MR) is 83.3 cm³/mol. The largest absolute Gasteiger partial charge is 0.493 e. The van der Waals surface area contributed by atoms with E-state index in [0.29, 0.717) is 23.8 Å². The molecule has 19 heavy (non-hydrogen) atoms. The fourth-order valence-corrected chi connectivity index (χ4v) is 1.84. The zero-order valence-electron chi connectivity index (χ0n) is 10.9. The second-order valence-corrected chi connectivity index (χ2v) is 5.85. The SMILES string of the molecule is CC(C)CCOc1ccc(Br)cc1C(=O)NC(N)=S. The fourth-order valence-electron chi connectivity index (χ4n) is 1.39. The standard InChI is InChI=1S/C13H17BrN2O2S/c1-8(2)5-6-18-11-4-3-9(14)7-10(11)12(17)16-13(15)19/h3-4,7-8H,5-6H2,1-2H3,(H3,15,16,17,19). The maximum absolute atomic E-state index is 11.9. The van der Waals surface area contributed by atoms with E-state index in [2.05, 4.69) is 47.3 Å². The second kappa shape index (κ2) is 7.45. The average Bonchev–Trinajstić information content (AvgIpc) is 2.29. The van der Waals surface area contributed by atoms with Crippen LogP contribution in [0.1, 0.15) is 30.6 Å². The van der Waals surface area contributed by atoms with Gasteiger partial charge in [-0.1, -0.05) is 29.8 Å². The van der Waals surface area contributed by atoms with Crippen molar-refractivity contribution >= 4 is 39.2 Å². The Hall–Kier alpha value is -1.14. The number of amides is 1. The fraction of sp³-hybridized carbons (Fsp3) is 0.385. The van der Waals surface area contributed by atoms with Gasteiger partial charge in [-0.15, -0.1) is 0 Å². The van der Waals surface area contributed by atoms with E-state index < -0.39 is 0 Å². The van der Waals surface area contributed by atoms with Gasteiger partial charge in [0.1, 0.15) is 5.75 Å². The Bertz CT molecular complexity index is 478. The summed E-state index contributed by atoms with van der Waals surface area (Å²) in [5, 5.41) is 2.34. The summed E-state index contributed by atoms with van der Waals surface area (Å²) >= 11 is 7.99. The Balaban J connectivity index is 2.85. The lowest BCUT2D eigenvalue weighted by molar-refractivity contribution is 0.0973. The molecule has 0 aliphatic carbocycles. The molecule has 0 bridgehead atoms. The summed E-state index contributed by atoms with van der Waals surface area (Å²) in [7, 11) is 0. The van der Waals surface area contributed by atoms with Crippen LogP contribution in [0, 0.1) is 5.92 Å². The number of hydrogen-bond donors (Lipinski definition) is 2. The molecule has 1 amide bonds. The zero-order chi connectivity index (χ0) is 14.4. The quantitative estimate of drug-likeness (QED) is 0.806. The van der Waals surface area contributed by atoms with Crippen LogP contribution in [0.15, 0.2) is 22.7 Å². The highest BCUT2D eigenvalue weighted by Gasteiger charge is 2.14. The van der Waals surface area contributed by atoms with Crippen molar-refractivity contribution in [2.45, 2.75) is 20.3 Å². The van der Waals surface area contributed by atoms with Crippen LogP contribution in [0.5, 0.6) is 5.75 Å². The zero-order valence-corrected chi connectivity index (χ0v) is 13.3. The van der Waals surface area contributed by atoms with E-state index in [0.717, 1.165) is 10.9 Å². The molecule has 1 aromatic rings. The number of hydrogen-bond acceptors (Lipinski definition) is 3. The summed E-state index contributed by atoms with van der Waals surface area (Å²) in [5.41, 5.74) is 5.71. The second-order valence-electron chi connectivity index (χ2n) is 4.49. The van der Waals surface area contributed by atoms with Crippen LogP contribution in [0.25, 0.3) is 0 Å². The summed E-state index contributed by atoms with van der Waals surface area (Å²) in [4.78, 5) is 11.9. The lowest BCUT2D eigenvalue weighted by Crippen LogP contribution is -2.35. The third kappa shape index (κ3) is 5.57. The van der Waals surface area contributed by atoms with Crippen LogP contribution in [0.3, 0.4) is 0 Å². The molecule has 6 heteroatoms. The van der Waals surface area contributed by atoms with Crippen LogP contribution < -0.4 is 15.8 Å². The van der Waals surface area contributed by atoms with E-state index in [1.165, 1.54) is 0 Å². The minimum absolute atomic E-state index is 0.0573. The molecule has 0 fully saturated rings. The van der Waals surface area contributed by atoms with Crippen molar-refractivity contribution in [2.24, 2.45) is 11.7 Å². The van der Waals surface area contributed by atoms with Crippen molar-refractivity contribution in [2.75, 3.05) is 6.61 Å². The van der Waals surface area contributed by atoms with E-state index in [-0.39, 0.29) is 11.0 Å². The summed E-state index contributed by atoms with van der Waals surface area (Å²) in [6.45, 7) is 4.80. The molecule has 104 valence electrons. The number of carbonyl (C=O) groups is 1. The van der Waals surface area contributed by atoms with E-state index in [9.17, 15) is 4.79 Å². The first kappa shape index (κ1) is 15.9. The number of nitrogens with two attached hydrogens (primary N) is 1. The molecule has 0 aliphatic heterocycles. The first-order valence-electron chi connectivity index (χ1n) is 5.93. The highest BCUT2D eigenvalue weighted by Crippen LogP contribution is 2.23. The van der Waals surface area contributed by atoms with Gasteiger partial charge in [0.05, 0.1) is 12.2 Å². The number of ether oxygens (including phenoxy) is 1. The molecule has 0 aliphatic rings. The van der Waals surface area contributed by atoms with E-state index in [4.69, 9.17) is 10.5 Å². The average molecular weight is 345 g/mol. The number of nitrogens with one attached hydrogen (secondary N) is 1. The molecule has 0 heterocycles. The molecular formula is C13H17BrN2O2S. The number of halogens is 1. The molecule has 4 nitrogen and oxygen atoms in total. The normalized spacial score (nSPS) is 10.3. The van der Waals surface area contributed by atoms with Gasteiger partial charge in [-0.05, 0) is 42.8 Å². The minimum Gasteiger partial charge on any atom is -0.493 e. The molecule has 0 aromatic heterocycles. The number of rotatable bonds is 5. The van der Waals surface area contributed by atoms with Gasteiger partial charge in [0.2, 0.25) is 0 Å². The topological polar surface area (TPSA) is 64.3 Å². The third-order valence-corrected chi connectivity index (χ3v) is 2.97. The maximum atomic E-state index is 11.9. The van der Waals surface area contributed by atoms with E-state index >= 15 is 0 Å². The Morgan fingerprint density at radius 1 is 1.53 bits per heavy atom. The van der Waals surface area contributed by atoms with Crippen LogP contribution in [-0.2, 0) is 0 Å². The smallest absolute Gasteiger partial charge is 0.261 e. The Labute approximate surface area is 126 Å². The van der Waals surface area contributed by atoms with Crippen LogP contribution in [0.4, 0.5) is 0 Å². The Morgan fingerprint density at radius 2 is 2.21 bits per heavy atom. The van der Waals surface area contributed by atoms with Gasteiger partial charge >= 0.3 is 0 Å². The molecule has 0 unspecified atom stereocenters. The van der Waals surface area contributed by atoms with Gasteiger partial charge in [-0.25, -0.2) is 0 Å². The van der Waals surface area contributed by atoms with E-state index in [1.54, 1.807) is 12.1 Å². The predicted octanol–water partition coefficient (Wildman–Crippen LogP) is 2.85. The lowest BCUT2D eigenvalue weighted by atomic mass is 10.1. The van der Waals surface area contributed by atoms with Crippen molar-refractivity contribution in [3.8, 4) is 5.75 Å². The molecule has 3 N–H and O–H groups in total. The van der Waals surface area contributed by atoms with E-state index in [1.807, 2.05) is 6.07 Å². The molecule has 0 saturated heterocycles. The number of thiocarbonyl (C=S) groups is 1. The maximum Gasteiger partial charge on any atom is 0.261 e. The Kier molecular flexibility index (Phi) is 6.24. The number of carbonyl (C=O) groups excluding carboxylic acids is 1. The molecule has 1 aromatic carbocycles. The molecule has 1 rings (SSSR count). The molecular weight excluding hydrogens is 328 g/mol. The molecule has 0 spiro atoms. The van der Waals surface area contributed by atoms with Crippen LogP contribution >= 0.6 is 28.1 Å². The lowest BCUT2D eigenvalue weighted by Gasteiger charge is -2.12. The number of benzene rings is 1. The van der Waals surface area contributed by atoms with Crippen LogP contribution in [0.2, 0.25) is 0 Å². The molecule has 0 atom stereocenters. The molecule has 0 radical (unpaired) electrons. The first-order chi connectivity index (χ1) is 8.90. The summed E-state index contributed by atoms with van der Waals surface area (Å²) in [6, 6.07) is 5.25. The highest BCUT2D eigenvalue weighted by molar-refractivity contribution is 9.10. The van der Waals surface area contributed by atoms with Crippen LogP contribution in [-0.4, -0.2) is 17.6 Å². The third-order valence-electron chi connectivity index (χ3n) is 2.38. The minimum atomic E-state index is -0.367. The van der Waals surface area contributed by atoms with Gasteiger partial charge in [0, 0.05) is 4.47 Å². The summed E-state index contributed by atoms with van der Waals surface area (Å²) in [6.07, 6.45) is 0.923. The first-order valence-corrected chi connectivity index (χ1v) is 7.13. The highest BCUT2D eigenvalue weighted by atomic mass is 79.9. The Morgan fingerprint density at radius 3 is 2.79 bits per heavy atom. The van der Waals surface area contributed by atoms with Gasteiger partial charge in [0.15, 0.2) is 5.11 Å². The van der Waals surface area contributed by atoms with Gasteiger partial charge < -0.3 is 10.5 Å². The van der Waals surface area contributed by atoms with Crippen molar-refractivity contribution < 1.29 is 9.53 Å². The monoisotopic (exact) mass is 344 g/mol. The van der Waals surface area contributed by atoms with Gasteiger partial charge in [-0.3, -0.25) is 10.1 Å².